The highest BCUT2D eigenvalue weighted by Crippen LogP contribution is 2.31. The van der Waals surface area contributed by atoms with Crippen LogP contribution in [0.5, 0.6) is 0 Å². The van der Waals surface area contributed by atoms with Crippen LogP contribution in [0.3, 0.4) is 0 Å². The Hall–Kier alpha value is -2.06. The lowest BCUT2D eigenvalue weighted by atomic mass is 10.0. The molecule has 8 heteroatoms. The summed E-state index contributed by atoms with van der Waals surface area (Å²) in [6.07, 6.45) is 1.63. The summed E-state index contributed by atoms with van der Waals surface area (Å²) in [6.45, 7) is 6.44. The minimum atomic E-state index is -0.462. The van der Waals surface area contributed by atoms with Gasteiger partial charge >= 0.3 is 0 Å². The number of nitrogens with zero attached hydrogens (tertiary/aromatic N) is 5. The van der Waals surface area contributed by atoms with E-state index in [0.717, 1.165) is 24.2 Å². The summed E-state index contributed by atoms with van der Waals surface area (Å²) in [7, 11) is 0. The highest BCUT2D eigenvalue weighted by molar-refractivity contribution is 5.78. The number of piperidine rings is 1. The lowest BCUT2D eigenvalue weighted by Crippen LogP contribution is -2.47. The van der Waals surface area contributed by atoms with Crippen molar-refractivity contribution < 1.29 is 14.3 Å². The maximum absolute atomic E-state index is 12.5. The molecule has 0 N–H and O–H groups in total. The van der Waals surface area contributed by atoms with Gasteiger partial charge in [0, 0.05) is 37.3 Å². The van der Waals surface area contributed by atoms with Gasteiger partial charge in [0.05, 0.1) is 19.6 Å². The van der Waals surface area contributed by atoms with E-state index in [9.17, 15) is 4.79 Å². The molecule has 4 heterocycles. The first kappa shape index (κ1) is 15.5. The van der Waals surface area contributed by atoms with Crippen LogP contribution in [0.25, 0.3) is 5.78 Å². The molecule has 2 aromatic rings. The fourth-order valence-electron chi connectivity index (χ4n) is 3.41. The van der Waals surface area contributed by atoms with E-state index in [1.165, 1.54) is 0 Å². The Morgan fingerprint density at radius 1 is 1.21 bits per heavy atom. The fourth-order valence-corrected chi connectivity index (χ4v) is 3.41. The summed E-state index contributed by atoms with van der Waals surface area (Å²) >= 11 is 0. The van der Waals surface area contributed by atoms with Crippen molar-refractivity contribution in [2.75, 3.05) is 26.3 Å². The molecule has 2 aliphatic heterocycles. The molecule has 0 aliphatic carbocycles. The van der Waals surface area contributed by atoms with Crippen LogP contribution in [-0.4, -0.2) is 62.5 Å². The van der Waals surface area contributed by atoms with Gasteiger partial charge in [-0.05, 0) is 19.9 Å². The van der Waals surface area contributed by atoms with Gasteiger partial charge in [0.15, 0.2) is 11.6 Å². The summed E-state index contributed by atoms with van der Waals surface area (Å²) in [5.41, 5.74) is 1.85. The molecule has 0 radical (unpaired) electrons. The first-order valence-electron chi connectivity index (χ1n) is 8.30. The smallest absolute Gasteiger partial charge is 0.252 e. The zero-order chi connectivity index (χ0) is 16.7. The van der Waals surface area contributed by atoms with Crippen molar-refractivity contribution >= 4 is 11.7 Å². The first-order valence-corrected chi connectivity index (χ1v) is 8.30. The van der Waals surface area contributed by atoms with Crippen molar-refractivity contribution in [1.82, 2.24) is 24.5 Å². The highest BCUT2D eigenvalue weighted by Gasteiger charge is 2.40. The van der Waals surface area contributed by atoms with Gasteiger partial charge in [0.1, 0.15) is 0 Å². The highest BCUT2D eigenvalue weighted by atomic mass is 16.7. The molecular weight excluding hydrogens is 310 g/mol. The quantitative estimate of drug-likeness (QED) is 0.804. The summed E-state index contributed by atoms with van der Waals surface area (Å²) in [5.74, 6) is 0.625. The largest absolute Gasteiger partial charge is 0.347 e. The standard InChI is InChI=1S/C16H21N5O3/c1-11-9-12(2)21-15(17-11)18-13(19-21)10-14(22)20-5-3-16(4-6-20)23-7-8-24-16/h9H,3-8,10H2,1-2H3. The van der Waals surface area contributed by atoms with Crippen molar-refractivity contribution in [3.8, 4) is 0 Å². The predicted octanol–water partition coefficient (Wildman–Crippen LogP) is 0.649. The number of rotatable bonds is 2. The Balaban J connectivity index is 1.44. The predicted molar refractivity (Wildman–Crippen MR) is 84.4 cm³/mol. The van der Waals surface area contributed by atoms with Crippen LogP contribution in [-0.2, 0) is 20.7 Å². The second kappa shape index (κ2) is 5.78. The molecule has 2 saturated heterocycles. The van der Waals surface area contributed by atoms with Gasteiger partial charge in [-0.15, -0.1) is 5.10 Å². The second-order valence-corrected chi connectivity index (χ2v) is 6.44. The van der Waals surface area contributed by atoms with Gasteiger partial charge < -0.3 is 14.4 Å². The molecule has 2 fully saturated rings. The lowest BCUT2D eigenvalue weighted by Gasteiger charge is -2.37. The Morgan fingerprint density at radius 2 is 1.92 bits per heavy atom. The topological polar surface area (TPSA) is 81.9 Å². The number of hydrogen-bond donors (Lipinski definition) is 0. The normalized spacial score (nSPS) is 20.2. The van der Waals surface area contributed by atoms with Crippen LogP contribution >= 0.6 is 0 Å². The number of aromatic nitrogens is 4. The molecule has 0 saturated carbocycles. The van der Waals surface area contributed by atoms with Gasteiger partial charge in [-0.3, -0.25) is 4.79 Å². The molecule has 128 valence electrons. The molecular formula is C16H21N5O3. The van der Waals surface area contributed by atoms with E-state index < -0.39 is 5.79 Å². The van der Waals surface area contributed by atoms with Gasteiger partial charge in [-0.2, -0.15) is 4.98 Å². The Morgan fingerprint density at radius 3 is 2.62 bits per heavy atom. The molecule has 1 spiro atoms. The zero-order valence-corrected chi connectivity index (χ0v) is 14.0. The van der Waals surface area contributed by atoms with Crippen molar-refractivity contribution in [3.05, 3.63) is 23.3 Å². The number of carbonyl (C=O) groups excluding carboxylic acids is 1. The average Bonchev–Trinajstić information content (AvgIpc) is 3.15. The van der Waals surface area contributed by atoms with Crippen LogP contribution in [0.2, 0.25) is 0 Å². The average molecular weight is 331 g/mol. The monoisotopic (exact) mass is 331 g/mol. The molecule has 1 amide bonds. The molecule has 4 rings (SSSR count). The van der Waals surface area contributed by atoms with E-state index in [1.54, 1.807) is 4.52 Å². The number of amides is 1. The van der Waals surface area contributed by atoms with E-state index >= 15 is 0 Å². The molecule has 8 nitrogen and oxygen atoms in total. The van der Waals surface area contributed by atoms with Crippen molar-refractivity contribution in [3.63, 3.8) is 0 Å². The van der Waals surface area contributed by atoms with Crippen LogP contribution in [0.15, 0.2) is 6.07 Å². The van der Waals surface area contributed by atoms with Gasteiger partial charge in [-0.25, -0.2) is 9.50 Å². The molecule has 0 bridgehead atoms. The third-order valence-electron chi connectivity index (χ3n) is 4.66. The minimum Gasteiger partial charge on any atom is -0.347 e. The number of carbonyl (C=O) groups is 1. The van der Waals surface area contributed by atoms with Gasteiger partial charge in [0.2, 0.25) is 5.91 Å². The number of ether oxygens (including phenoxy) is 2. The molecule has 24 heavy (non-hydrogen) atoms. The third kappa shape index (κ3) is 2.76. The van der Waals surface area contributed by atoms with Gasteiger partial charge in [-0.1, -0.05) is 0 Å². The maximum Gasteiger partial charge on any atom is 0.252 e. The van der Waals surface area contributed by atoms with Crippen molar-refractivity contribution in [1.29, 1.82) is 0 Å². The van der Waals surface area contributed by atoms with Crippen molar-refractivity contribution in [2.45, 2.75) is 38.9 Å². The molecule has 2 aromatic heterocycles. The number of fused-ring (bicyclic) bond motifs is 1. The van der Waals surface area contributed by atoms with Gasteiger partial charge in [0.25, 0.3) is 5.78 Å². The maximum atomic E-state index is 12.5. The third-order valence-corrected chi connectivity index (χ3v) is 4.66. The summed E-state index contributed by atoms with van der Waals surface area (Å²) in [6, 6.07) is 1.94. The van der Waals surface area contributed by atoms with E-state index in [1.807, 2.05) is 24.8 Å². The van der Waals surface area contributed by atoms with E-state index in [2.05, 4.69) is 15.1 Å². The van der Waals surface area contributed by atoms with Crippen molar-refractivity contribution in [2.24, 2.45) is 0 Å². The Kier molecular flexibility index (Phi) is 3.73. The molecule has 0 unspecified atom stereocenters. The lowest BCUT2D eigenvalue weighted by molar-refractivity contribution is -0.187. The summed E-state index contributed by atoms with van der Waals surface area (Å²) < 4.78 is 13.1. The van der Waals surface area contributed by atoms with E-state index in [-0.39, 0.29) is 12.3 Å². The van der Waals surface area contributed by atoms with Crippen LogP contribution < -0.4 is 0 Å². The van der Waals surface area contributed by atoms with Crippen LogP contribution in [0.4, 0.5) is 0 Å². The minimum absolute atomic E-state index is 0.0353. The van der Waals surface area contributed by atoms with Crippen LogP contribution in [0.1, 0.15) is 30.1 Å². The summed E-state index contributed by atoms with van der Waals surface area (Å²) in [4.78, 5) is 23.1. The number of aryl methyl sites for hydroxylation is 2. The van der Waals surface area contributed by atoms with E-state index in [4.69, 9.17) is 9.47 Å². The molecule has 0 aromatic carbocycles. The zero-order valence-electron chi connectivity index (χ0n) is 14.0. The van der Waals surface area contributed by atoms with E-state index in [0.29, 0.717) is 37.9 Å². The Labute approximate surface area is 139 Å². The van der Waals surface area contributed by atoms with Crippen LogP contribution in [0, 0.1) is 13.8 Å². The SMILES string of the molecule is Cc1cc(C)n2nc(CC(=O)N3CCC4(CC3)OCCO4)nc2n1. The number of likely N-dealkylation sites (tertiary alicyclic amines) is 1. The molecule has 0 atom stereocenters. The number of hydrogen-bond acceptors (Lipinski definition) is 6. The fraction of sp³-hybridized carbons (Fsp3) is 0.625. The first-order chi connectivity index (χ1) is 11.5. The summed E-state index contributed by atoms with van der Waals surface area (Å²) in [5, 5.41) is 4.41. The molecule has 2 aliphatic rings. The second-order valence-electron chi connectivity index (χ2n) is 6.44. The Bertz CT molecular complexity index is 771.